The zero-order valence-corrected chi connectivity index (χ0v) is 18.8. The summed E-state index contributed by atoms with van der Waals surface area (Å²) in [6, 6.07) is 3.81. The molecule has 2 N–H and O–H groups in total. The first-order valence-corrected chi connectivity index (χ1v) is 12.5. The van der Waals surface area contributed by atoms with Crippen LogP contribution in [0, 0.1) is 0 Å². The number of carbonyl (C=O) groups is 1. The van der Waals surface area contributed by atoms with Crippen molar-refractivity contribution in [2.24, 2.45) is 0 Å². The number of aromatic nitrogens is 1. The van der Waals surface area contributed by atoms with E-state index in [9.17, 15) is 4.79 Å². The van der Waals surface area contributed by atoms with Crippen molar-refractivity contribution < 1.29 is 14.0 Å². The van der Waals surface area contributed by atoms with Gasteiger partial charge in [-0.2, -0.15) is 0 Å². The maximum atomic E-state index is 11.3. The third-order valence-electron chi connectivity index (χ3n) is 4.96. The topological polar surface area (TPSA) is 75.7 Å². The Morgan fingerprint density at radius 3 is 2.56 bits per heavy atom. The summed E-state index contributed by atoms with van der Waals surface area (Å²) in [6.45, 7) is 15.1. The summed E-state index contributed by atoms with van der Waals surface area (Å²) >= 11 is 5.05. The SMILES string of the molecule is CCOC(=O)NC(=S)Nc1ccc(N2CC(O[Si](C)(C)C(C)(C)C)C2)cn1. The highest BCUT2D eigenvalue weighted by Crippen LogP contribution is 2.38. The third-order valence-corrected chi connectivity index (χ3v) is 9.70. The minimum absolute atomic E-state index is 0.153. The van der Waals surface area contributed by atoms with E-state index in [0.29, 0.717) is 5.82 Å². The first kappa shape index (κ1) is 21.6. The van der Waals surface area contributed by atoms with Gasteiger partial charge in [0.15, 0.2) is 13.4 Å². The quantitative estimate of drug-likeness (QED) is 0.566. The Hall–Kier alpha value is -1.71. The fourth-order valence-electron chi connectivity index (χ4n) is 2.37. The molecule has 9 heteroatoms. The molecular weight excluding hydrogens is 380 g/mol. The lowest BCUT2D eigenvalue weighted by atomic mass is 10.1. The first-order valence-electron chi connectivity index (χ1n) is 9.15. The van der Waals surface area contributed by atoms with E-state index in [1.165, 1.54) is 0 Å². The van der Waals surface area contributed by atoms with Gasteiger partial charge in [-0.15, -0.1) is 0 Å². The number of hydrogen-bond acceptors (Lipinski definition) is 6. The largest absolute Gasteiger partial charge is 0.450 e. The second kappa shape index (κ2) is 8.53. The van der Waals surface area contributed by atoms with Crippen LogP contribution >= 0.6 is 12.2 Å². The molecule has 7 nitrogen and oxygen atoms in total. The lowest BCUT2D eigenvalue weighted by Crippen LogP contribution is -2.57. The molecule has 1 aliphatic heterocycles. The van der Waals surface area contributed by atoms with Crippen molar-refractivity contribution in [2.75, 3.05) is 29.9 Å². The van der Waals surface area contributed by atoms with E-state index in [4.69, 9.17) is 21.4 Å². The molecule has 0 bridgehead atoms. The maximum Gasteiger partial charge on any atom is 0.413 e. The number of amides is 1. The molecule has 27 heavy (non-hydrogen) atoms. The number of nitrogens with zero attached hydrogens (tertiary/aromatic N) is 2. The van der Waals surface area contributed by atoms with Gasteiger partial charge in [0, 0.05) is 13.1 Å². The summed E-state index contributed by atoms with van der Waals surface area (Å²) in [5.41, 5.74) is 1.04. The minimum atomic E-state index is -1.73. The van der Waals surface area contributed by atoms with Gasteiger partial charge in [0.1, 0.15) is 5.82 Å². The molecule has 0 aliphatic carbocycles. The Labute approximate surface area is 168 Å². The molecule has 1 amide bonds. The van der Waals surface area contributed by atoms with Crippen LogP contribution in [0.25, 0.3) is 0 Å². The van der Waals surface area contributed by atoms with Crippen molar-refractivity contribution in [3.05, 3.63) is 18.3 Å². The number of hydrogen-bond donors (Lipinski definition) is 2. The van der Waals surface area contributed by atoms with Crippen LogP contribution in [0.4, 0.5) is 16.3 Å². The van der Waals surface area contributed by atoms with Crippen molar-refractivity contribution in [3.63, 3.8) is 0 Å². The van der Waals surface area contributed by atoms with Crippen molar-refractivity contribution in [2.45, 2.75) is 51.9 Å². The van der Waals surface area contributed by atoms with Gasteiger partial charge in [0.25, 0.3) is 0 Å². The van der Waals surface area contributed by atoms with Crippen LogP contribution in [-0.4, -0.2) is 50.3 Å². The number of alkyl carbamates (subject to hydrolysis) is 1. The normalized spacial score (nSPS) is 15.1. The number of thiocarbonyl (C=S) groups is 1. The fraction of sp³-hybridized carbons (Fsp3) is 0.611. The molecule has 0 radical (unpaired) electrons. The van der Waals surface area contributed by atoms with Gasteiger partial charge in [0.05, 0.1) is 24.6 Å². The Balaban J connectivity index is 1.82. The molecule has 1 fully saturated rings. The maximum absolute atomic E-state index is 11.3. The summed E-state index contributed by atoms with van der Waals surface area (Å²) in [6.07, 6.45) is 1.49. The van der Waals surface area contributed by atoms with E-state index in [0.717, 1.165) is 18.8 Å². The fourth-order valence-corrected chi connectivity index (χ4v) is 3.90. The highest BCUT2D eigenvalue weighted by Gasteiger charge is 2.42. The molecule has 1 aliphatic rings. The summed E-state index contributed by atoms with van der Waals surface area (Å²) in [5, 5.41) is 5.66. The Morgan fingerprint density at radius 1 is 1.37 bits per heavy atom. The molecule has 1 aromatic rings. The lowest BCUT2D eigenvalue weighted by molar-refractivity contribution is 0.149. The summed E-state index contributed by atoms with van der Waals surface area (Å²) < 4.78 is 11.2. The van der Waals surface area contributed by atoms with Crippen LogP contribution in [-0.2, 0) is 9.16 Å². The van der Waals surface area contributed by atoms with Crippen molar-refractivity contribution in [1.29, 1.82) is 0 Å². The number of anilines is 2. The van der Waals surface area contributed by atoms with Gasteiger partial charge in [-0.3, -0.25) is 5.32 Å². The number of rotatable bonds is 5. The zero-order chi connectivity index (χ0) is 20.2. The standard InChI is InChI=1S/C18H30N4O3SSi/c1-7-24-17(23)21-16(26)20-15-9-8-13(10-19-15)22-11-14(12-22)25-27(5,6)18(2,3)4/h8-10,14H,7,11-12H2,1-6H3,(H2,19,20,21,23,26). The molecule has 0 saturated carbocycles. The number of pyridine rings is 1. The first-order chi connectivity index (χ1) is 12.5. The molecule has 1 aromatic heterocycles. The predicted molar refractivity (Wildman–Crippen MR) is 115 cm³/mol. The van der Waals surface area contributed by atoms with Crippen LogP contribution in [0.2, 0.25) is 18.1 Å². The van der Waals surface area contributed by atoms with Gasteiger partial charge in [-0.1, -0.05) is 20.8 Å². The van der Waals surface area contributed by atoms with Crippen LogP contribution in [0.1, 0.15) is 27.7 Å². The number of ether oxygens (including phenoxy) is 1. The lowest BCUT2D eigenvalue weighted by Gasteiger charge is -2.47. The molecule has 150 valence electrons. The molecule has 1 saturated heterocycles. The number of nitrogens with one attached hydrogen (secondary N) is 2. The Kier molecular flexibility index (Phi) is 6.82. The van der Waals surface area contributed by atoms with E-state index in [-0.39, 0.29) is 22.9 Å². The van der Waals surface area contributed by atoms with E-state index in [1.807, 2.05) is 12.1 Å². The van der Waals surface area contributed by atoms with Crippen LogP contribution in [0.5, 0.6) is 0 Å². The average molecular weight is 411 g/mol. The summed E-state index contributed by atoms with van der Waals surface area (Å²) in [5.74, 6) is 0.565. The second-order valence-corrected chi connectivity index (χ2v) is 13.3. The Bertz CT molecular complexity index is 670. The van der Waals surface area contributed by atoms with Gasteiger partial charge >= 0.3 is 6.09 Å². The second-order valence-electron chi connectivity index (χ2n) is 8.11. The highest BCUT2D eigenvalue weighted by molar-refractivity contribution is 7.80. The highest BCUT2D eigenvalue weighted by atomic mass is 32.1. The number of carbonyl (C=O) groups excluding carboxylic acids is 1. The van der Waals surface area contributed by atoms with E-state index in [1.54, 1.807) is 13.1 Å². The van der Waals surface area contributed by atoms with Gasteiger partial charge in [-0.25, -0.2) is 9.78 Å². The third kappa shape index (κ3) is 5.88. The molecule has 0 aromatic carbocycles. The molecule has 2 rings (SSSR count). The summed E-state index contributed by atoms with van der Waals surface area (Å²) in [4.78, 5) is 17.9. The van der Waals surface area contributed by atoms with Gasteiger partial charge < -0.3 is 19.4 Å². The van der Waals surface area contributed by atoms with Gasteiger partial charge in [-0.05, 0) is 49.4 Å². The average Bonchev–Trinajstić information content (AvgIpc) is 2.50. The molecule has 2 heterocycles. The minimum Gasteiger partial charge on any atom is -0.450 e. The smallest absolute Gasteiger partial charge is 0.413 e. The van der Waals surface area contributed by atoms with Gasteiger partial charge in [0.2, 0.25) is 0 Å². The van der Waals surface area contributed by atoms with E-state index in [2.05, 4.69) is 54.4 Å². The zero-order valence-electron chi connectivity index (χ0n) is 17.0. The van der Waals surface area contributed by atoms with E-state index >= 15 is 0 Å². The van der Waals surface area contributed by atoms with Crippen molar-refractivity contribution >= 4 is 43.2 Å². The monoisotopic (exact) mass is 410 g/mol. The van der Waals surface area contributed by atoms with Crippen LogP contribution in [0.3, 0.4) is 0 Å². The van der Waals surface area contributed by atoms with Crippen molar-refractivity contribution in [3.8, 4) is 0 Å². The molecule has 0 unspecified atom stereocenters. The van der Waals surface area contributed by atoms with Crippen LogP contribution in [0.15, 0.2) is 18.3 Å². The molecule has 0 atom stereocenters. The molecular formula is C18H30N4O3SSi. The van der Waals surface area contributed by atoms with Crippen LogP contribution < -0.4 is 15.5 Å². The van der Waals surface area contributed by atoms with E-state index < -0.39 is 14.4 Å². The van der Waals surface area contributed by atoms with Crippen molar-refractivity contribution in [1.82, 2.24) is 10.3 Å². The molecule has 0 spiro atoms. The Morgan fingerprint density at radius 2 is 2.04 bits per heavy atom. The summed E-state index contributed by atoms with van der Waals surface area (Å²) in [7, 11) is -1.73. The predicted octanol–water partition coefficient (Wildman–Crippen LogP) is 3.73.